The number of nitrogens with zero attached hydrogens (tertiary/aromatic N) is 5. The number of alkyl carbamates (subject to hydrolysis) is 1. The predicted octanol–water partition coefficient (Wildman–Crippen LogP) is 2.86. The summed E-state index contributed by atoms with van der Waals surface area (Å²) in [6.45, 7) is 5.26. The van der Waals surface area contributed by atoms with E-state index in [-0.39, 0.29) is 25.3 Å². The van der Waals surface area contributed by atoms with Crippen LogP contribution in [0.2, 0.25) is 0 Å². The number of ether oxygens (including phenoxy) is 2. The van der Waals surface area contributed by atoms with Gasteiger partial charge in [-0.3, -0.25) is 9.59 Å². The van der Waals surface area contributed by atoms with Crippen LogP contribution >= 0.6 is 0 Å². The molecule has 3 aliphatic rings. The normalized spacial score (nSPS) is 27.3. The second-order valence-electron chi connectivity index (χ2n) is 12.9. The first-order chi connectivity index (χ1) is 21.4. The van der Waals surface area contributed by atoms with E-state index in [1.807, 2.05) is 18.2 Å². The lowest BCUT2D eigenvalue weighted by atomic mass is 10.0. The molecule has 1 aliphatic carbocycles. The number of carbonyl (C=O) groups is 4. The summed E-state index contributed by atoms with van der Waals surface area (Å²) in [6, 6.07) is 4.69. The van der Waals surface area contributed by atoms with Crippen LogP contribution < -0.4 is 15.4 Å². The van der Waals surface area contributed by atoms with Crippen molar-refractivity contribution in [2.45, 2.75) is 95.0 Å². The Labute approximate surface area is 261 Å². The lowest BCUT2D eigenvalue weighted by molar-refractivity contribution is -0.145. The number of hydrogen-bond acceptors (Lipinski definition) is 9. The molecule has 1 aromatic carbocycles. The van der Waals surface area contributed by atoms with Gasteiger partial charge >= 0.3 is 12.1 Å². The summed E-state index contributed by atoms with van der Waals surface area (Å²) in [5, 5.41) is 28.5. The molecule has 0 bridgehead atoms. The van der Waals surface area contributed by atoms with Gasteiger partial charge in [-0.15, -0.1) is 10.2 Å². The molecule has 45 heavy (non-hydrogen) atoms. The Bertz CT molecular complexity index is 1470. The number of nitrogens with one attached hydrogen (secondary N) is 2. The predicted molar refractivity (Wildman–Crippen MR) is 161 cm³/mol. The number of hydrogen-bond donors (Lipinski definition) is 3. The summed E-state index contributed by atoms with van der Waals surface area (Å²) < 4.78 is 10.7. The number of carboxylic acid groups (broad SMARTS) is 1. The maximum absolute atomic E-state index is 14.2. The van der Waals surface area contributed by atoms with Gasteiger partial charge in [0.25, 0.3) is 0 Å². The number of rotatable bonds is 5. The molecule has 5 rings (SSSR count). The van der Waals surface area contributed by atoms with Gasteiger partial charge in [-0.25, -0.2) is 9.59 Å². The van der Waals surface area contributed by atoms with E-state index in [9.17, 15) is 24.3 Å². The van der Waals surface area contributed by atoms with E-state index in [2.05, 4.69) is 26.0 Å². The molecule has 3 amide bonds. The first kappa shape index (κ1) is 31.9. The van der Waals surface area contributed by atoms with Crippen LogP contribution in [0.15, 0.2) is 36.4 Å². The van der Waals surface area contributed by atoms with Crippen LogP contribution in [0.25, 0.3) is 11.4 Å². The Morgan fingerprint density at radius 1 is 1.18 bits per heavy atom. The second-order valence-corrected chi connectivity index (χ2v) is 12.9. The molecule has 0 radical (unpaired) electrons. The Hall–Kier alpha value is -4.49. The highest BCUT2D eigenvalue weighted by Gasteiger charge is 2.61. The fourth-order valence-electron chi connectivity index (χ4n) is 5.95. The number of amides is 3. The number of allylic oxidation sites excluding steroid dienone is 1. The number of methoxy groups -OCH3 is 1. The van der Waals surface area contributed by atoms with Crippen molar-refractivity contribution in [3.63, 3.8) is 0 Å². The monoisotopic (exact) mass is 623 g/mol. The molecule has 2 fully saturated rings. The summed E-state index contributed by atoms with van der Waals surface area (Å²) >= 11 is 0. The van der Waals surface area contributed by atoms with E-state index in [1.54, 1.807) is 46.1 Å². The maximum Gasteiger partial charge on any atom is 0.408 e. The molecule has 3 heterocycles. The van der Waals surface area contributed by atoms with Gasteiger partial charge in [0.1, 0.15) is 29.0 Å². The molecule has 5 atom stereocenters. The second kappa shape index (κ2) is 12.9. The standard InChI is InChI=1S/C31H41N7O7/c1-30(2,3)45-29(43)32-23-14-9-7-5-6-8-12-20-17-31(20,28(41)42)33-26(39)24-16-21(18-37(24)27(23)40)38-35-25(34-36-38)19-11-10-13-22(15-19)44-4/h8,10-13,15,20-21,23-24H,5-7,9,14,16-18H2,1-4H3,(H,32,43)(H,33,39)(H,41,42)/t20-,21?,23-,24+,31+/m1/s1. The van der Waals surface area contributed by atoms with E-state index in [4.69, 9.17) is 9.47 Å². The van der Waals surface area contributed by atoms with Crippen molar-refractivity contribution in [2.75, 3.05) is 13.7 Å². The topological polar surface area (TPSA) is 178 Å². The zero-order chi connectivity index (χ0) is 32.4. The van der Waals surface area contributed by atoms with Crippen LogP contribution in [-0.4, -0.2) is 91.0 Å². The maximum atomic E-state index is 14.2. The van der Waals surface area contributed by atoms with Crippen molar-refractivity contribution in [3.05, 3.63) is 36.4 Å². The number of carboxylic acids is 1. The molecule has 0 spiro atoms. The third-order valence-corrected chi connectivity index (χ3v) is 8.41. The number of aliphatic carboxylic acids is 1. The van der Waals surface area contributed by atoms with Crippen molar-refractivity contribution in [1.29, 1.82) is 0 Å². The first-order valence-corrected chi connectivity index (χ1v) is 15.4. The molecule has 1 unspecified atom stereocenters. The SMILES string of the molecule is COc1cccc(-c2nnn(C3C[C@H]4C(=O)N[C@@]5(C(=O)O)C[C@H]5C=CCCCCC[C@@H](NC(=O)OC(C)(C)C)C(=O)N4C3)n2)c1. The van der Waals surface area contributed by atoms with Gasteiger partial charge in [0, 0.05) is 24.4 Å². The minimum Gasteiger partial charge on any atom is -0.497 e. The number of fused-ring (bicyclic) bond motifs is 2. The summed E-state index contributed by atoms with van der Waals surface area (Å²) in [5.74, 6) is -1.52. The quantitative estimate of drug-likeness (QED) is 0.420. The molecule has 3 N–H and O–H groups in total. The van der Waals surface area contributed by atoms with Gasteiger partial charge in [0.2, 0.25) is 17.6 Å². The highest BCUT2D eigenvalue weighted by atomic mass is 16.6. The minimum absolute atomic E-state index is 0.0563. The fourth-order valence-corrected chi connectivity index (χ4v) is 5.95. The fraction of sp³-hybridized carbons (Fsp3) is 0.581. The lowest BCUT2D eigenvalue weighted by Crippen LogP contribution is -2.56. The van der Waals surface area contributed by atoms with Crippen molar-refractivity contribution in [1.82, 2.24) is 35.7 Å². The molecular weight excluding hydrogens is 582 g/mol. The zero-order valence-electron chi connectivity index (χ0n) is 26.1. The van der Waals surface area contributed by atoms with Gasteiger partial charge in [-0.2, -0.15) is 4.80 Å². The zero-order valence-corrected chi connectivity index (χ0v) is 26.1. The molecule has 14 heteroatoms. The molecule has 242 valence electrons. The van der Waals surface area contributed by atoms with Crippen molar-refractivity contribution >= 4 is 23.9 Å². The minimum atomic E-state index is -1.43. The first-order valence-electron chi connectivity index (χ1n) is 15.4. The smallest absolute Gasteiger partial charge is 0.408 e. The molecular formula is C31H41N7O7. The van der Waals surface area contributed by atoms with Gasteiger partial charge in [0.05, 0.1) is 13.2 Å². The van der Waals surface area contributed by atoms with Crippen molar-refractivity contribution < 1.29 is 33.8 Å². The summed E-state index contributed by atoms with van der Waals surface area (Å²) in [4.78, 5) is 55.9. The Morgan fingerprint density at radius 3 is 2.71 bits per heavy atom. The highest BCUT2D eigenvalue weighted by molar-refractivity contribution is 5.96. The number of tetrazole rings is 1. The summed E-state index contributed by atoms with van der Waals surface area (Å²) in [5.41, 5.74) is -1.52. The van der Waals surface area contributed by atoms with E-state index >= 15 is 0 Å². The molecule has 2 aliphatic heterocycles. The van der Waals surface area contributed by atoms with E-state index < -0.39 is 53.1 Å². The Balaban J connectivity index is 1.44. The van der Waals surface area contributed by atoms with Gasteiger partial charge < -0.3 is 30.1 Å². The molecule has 2 aromatic rings. The van der Waals surface area contributed by atoms with Crippen LogP contribution in [0, 0.1) is 5.92 Å². The van der Waals surface area contributed by atoms with Crippen LogP contribution in [0.5, 0.6) is 5.75 Å². The number of benzene rings is 1. The average Bonchev–Trinajstić information content (AvgIpc) is 3.31. The Kier molecular flexibility index (Phi) is 9.12. The molecule has 14 nitrogen and oxygen atoms in total. The molecule has 1 aromatic heterocycles. The van der Waals surface area contributed by atoms with Crippen LogP contribution in [0.4, 0.5) is 4.79 Å². The molecule has 1 saturated heterocycles. The molecule has 1 saturated carbocycles. The third-order valence-electron chi connectivity index (χ3n) is 8.41. The van der Waals surface area contributed by atoms with Crippen LogP contribution in [0.3, 0.4) is 0 Å². The number of carbonyl (C=O) groups excluding carboxylic acids is 3. The average molecular weight is 624 g/mol. The third kappa shape index (κ3) is 7.26. The van der Waals surface area contributed by atoms with Gasteiger partial charge in [0.15, 0.2) is 0 Å². The van der Waals surface area contributed by atoms with Crippen LogP contribution in [0.1, 0.15) is 71.8 Å². The van der Waals surface area contributed by atoms with Crippen molar-refractivity contribution in [2.24, 2.45) is 5.92 Å². The largest absolute Gasteiger partial charge is 0.497 e. The van der Waals surface area contributed by atoms with Crippen LogP contribution in [-0.2, 0) is 19.1 Å². The number of aromatic nitrogens is 4. The Morgan fingerprint density at radius 2 is 1.98 bits per heavy atom. The highest BCUT2D eigenvalue weighted by Crippen LogP contribution is 2.45. The van der Waals surface area contributed by atoms with E-state index in [0.717, 1.165) is 19.3 Å². The lowest BCUT2D eigenvalue weighted by Gasteiger charge is -2.30. The van der Waals surface area contributed by atoms with Crippen molar-refractivity contribution in [3.8, 4) is 17.1 Å². The van der Waals surface area contributed by atoms with E-state index in [1.165, 1.54) is 9.70 Å². The van der Waals surface area contributed by atoms with E-state index in [0.29, 0.717) is 30.0 Å². The van der Waals surface area contributed by atoms with Gasteiger partial charge in [-0.1, -0.05) is 37.1 Å². The summed E-state index contributed by atoms with van der Waals surface area (Å²) in [6.07, 6.45) is 6.88. The van der Waals surface area contributed by atoms with Gasteiger partial charge in [-0.05, 0) is 63.8 Å². The summed E-state index contributed by atoms with van der Waals surface area (Å²) in [7, 11) is 1.56.